The standard InChI is InChI=1S/C35H65O9P/c1-4-5-6-7-14-19-24-32-33(44-32)25-20-15-12-17-22-27-35(37)43-31(29-42-45(38,39)40)28-41-34(36)26-21-16-11-9-8-10-13-18-23-30(2)3/h14,19,30-33H,4-13,15-18,20-29H2,1-3H3,(H2,38,39,40)/b19-14-/t31-,32?,33?/m1/s1. The SMILES string of the molecule is CCCCC/C=C\CC1OC1CCCCCCCC(=O)O[C@H](COC(=O)CCCCCCCCCCC(C)C)COP(=O)(O)O. The van der Waals surface area contributed by atoms with Gasteiger partial charge in [-0.25, -0.2) is 4.57 Å². The Labute approximate surface area is 273 Å². The molecule has 0 bridgehead atoms. The largest absolute Gasteiger partial charge is 0.469 e. The third kappa shape index (κ3) is 27.6. The summed E-state index contributed by atoms with van der Waals surface area (Å²) in [7, 11) is -4.75. The van der Waals surface area contributed by atoms with Crippen LogP contribution in [0, 0.1) is 5.92 Å². The molecular formula is C35H65O9P. The van der Waals surface area contributed by atoms with Crippen molar-refractivity contribution < 1.29 is 42.7 Å². The second-order valence-corrected chi connectivity index (χ2v) is 14.3. The first kappa shape index (κ1) is 41.8. The van der Waals surface area contributed by atoms with Crippen LogP contribution in [0.1, 0.15) is 162 Å². The van der Waals surface area contributed by atoms with E-state index in [1.54, 1.807) is 0 Å². The van der Waals surface area contributed by atoms with E-state index in [0.717, 1.165) is 70.1 Å². The van der Waals surface area contributed by atoms with E-state index in [9.17, 15) is 14.2 Å². The van der Waals surface area contributed by atoms with Gasteiger partial charge in [0, 0.05) is 12.8 Å². The molecule has 1 fully saturated rings. The second kappa shape index (κ2) is 26.8. The van der Waals surface area contributed by atoms with Crippen LogP contribution in [0.3, 0.4) is 0 Å². The van der Waals surface area contributed by atoms with E-state index in [1.807, 2.05) is 0 Å². The van der Waals surface area contributed by atoms with Crippen LogP contribution in [0.4, 0.5) is 0 Å². The van der Waals surface area contributed by atoms with Crippen molar-refractivity contribution in [3.8, 4) is 0 Å². The lowest BCUT2D eigenvalue weighted by molar-refractivity contribution is -0.161. The summed E-state index contributed by atoms with van der Waals surface area (Å²) in [6.45, 7) is 5.90. The molecule has 0 saturated carbocycles. The van der Waals surface area contributed by atoms with Crippen LogP contribution in [0.5, 0.6) is 0 Å². The Morgan fingerprint density at radius 3 is 1.98 bits per heavy atom. The zero-order valence-electron chi connectivity index (χ0n) is 28.6. The van der Waals surface area contributed by atoms with Crippen LogP contribution in [0.25, 0.3) is 0 Å². The maximum atomic E-state index is 12.4. The smallest absolute Gasteiger partial charge is 0.462 e. The fraction of sp³-hybridized carbons (Fsp3) is 0.886. The van der Waals surface area contributed by atoms with Crippen molar-refractivity contribution in [2.24, 2.45) is 5.92 Å². The van der Waals surface area contributed by atoms with Crippen LogP contribution in [-0.2, 0) is 32.9 Å². The summed E-state index contributed by atoms with van der Waals surface area (Å²) in [5.74, 6) is -0.135. The molecule has 0 spiro atoms. The number of hydrogen-bond acceptors (Lipinski definition) is 7. The first-order chi connectivity index (χ1) is 21.6. The van der Waals surface area contributed by atoms with Gasteiger partial charge in [-0.05, 0) is 44.4 Å². The maximum absolute atomic E-state index is 12.4. The van der Waals surface area contributed by atoms with Crippen LogP contribution < -0.4 is 0 Å². The summed E-state index contributed by atoms with van der Waals surface area (Å²) in [5, 5.41) is 0. The zero-order chi connectivity index (χ0) is 33.2. The minimum atomic E-state index is -4.75. The minimum absolute atomic E-state index is 0.191. The lowest BCUT2D eigenvalue weighted by Crippen LogP contribution is -2.29. The van der Waals surface area contributed by atoms with Crippen molar-refractivity contribution in [1.82, 2.24) is 0 Å². The molecule has 1 rings (SSSR count). The predicted octanol–water partition coefficient (Wildman–Crippen LogP) is 9.13. The Morgan fingerprint density at radius 2 is 1.36 bits per heavy atom. The van der Waals surface area contributed by atoms with Gasteiger partial charge in [-0.3, -0.25) is 14.1 Å². The molecule has 0 aromatic rings. The molecule has 2 unspecified atom stereocenters. The lowest BCUT2D eigenvalue weighted by atomic mass is 10.0. The number of carbonyl (C=O) groups is 2. The summed E-state index contributed by atoms with van der Waals surface area (Å²) in [6, 6.07) is 0. The van der Waals surface area contributed by atoms with Crippen molar-refractivity contribution >= 4 is 19.8 Å². The van der Waals surface area contributed by atoms with Gasteiger partial charge in [0.05, 0.1) is 18.8 Å². The highest BCUT2D eigenvalue weighted by atomic mass is 31.2. The van der Waals surface area contributed by atoms with E-state index in [2.05, 4.69) is 37.4 Å². The van der Waals surface area contributed by atoms with Gasteiger partial charge in [0.2, 0.25) is 0 Å². The molecule has 0 aromatic carbocycles. The van der Waals surface area contributed by atoms with Gasteiger partial charge in [0.1, 0.15) is 6.61 Å². The number of allylic oxidation sites excluding steroid dienone is 1. The van der Waals surface area contributed by atoms with Crippen LogP contribution >= 0.6 is 7.82 Å². The molecule has 45 heavy (non-hydrogen) atoms. The molecule has 1 aliphatic rings. The Bertz CT molecular complexity index is 826. The predicted molar refractivity (Wildman–Crippen MR) is 179 cm³/mol. The Balaban J connectivity index is 2.12. The maximum Gasteiger partial charge on any atom is 0.469 e. The van der Waals surface area contributed by atoms with Gasteiger partial charge in [-0.2, -0.15) is 0 Å². The number of carbonyl (C=O) groups excluding carboxylic acids is 2. The molecule has 1 heterocycles. The van der Waals surface area contributed by atoms with Crippen LogP contribution in [0.2, 0.25) is 0 Å². The number of ether oxygens (including phenoxy) is 3. The number of hydrogen-bond donors (Lipinski definition) is 2. The molecule has 0 aromatic heterocycles. The summed E-state index contributed by atoms with van der Waals surface area (Å²) >= 11 is 0. The molecule has 10 heteroatoms. The molecule has 2 N–H and O–H groups in total. The number of phosphoric acid groups is 1. The summed E-state index contributed by atoms with van der Waals surface area (Å²) in [4.78, 5) is 42.6. The van der Waals surface area contributed by atoms with Crippen molar-refractivity contribution in [2.75, 3.05) is 13.2 Å². The quantitative estimate of drug-likeness (QED) is 0.0246. The highest BCUT2D eigenvalue weighted by molar-refractivity contribution is 7.46. The number of phosphoric ester groups is 1. The third-order valence-corrected chi connectivity index (χ3v) is 8.62. The Morgan fingerprint density at radius 1 is 0.756 bits per heavy atom. The van der Waals surface area contributed by atoms with Crippen molar-refractivity contribution in [1.29, 1.82) is 0 Å². The molecule has 1 aliphatic heterocycles. The van der Waals surface area contributed by atoms with E-state index in [4.69, 9.17) is 24.0 Å². The van der Waals surface area contributed by atoms with Gasteiger partial charge in [-0.15, -0.1) is 0 Å². The van der Waals surface area contributed by atoms with Crippen molar-refractivity contribution in [3.63, 3.8) is 0 Å². The topological polar surface area (TPSA) is 132 Å². The summed E-state index contributed by atoms with van der Waals surface area (Å²) < 4.78 is 32.0. The van der Waals surface area contributed by atoms with Crippen LogP contribution in [0.15, 0.2) is 12.2 Å². The van der Waals surface area contributed by atoms with E-state index < -0.39 is 32.5 Å². The zero-order valence-corrected chi connectivity index (χ0v) is 29.5. The Hall–Kier alpha value is -1.25. The Kier molecular flexibility index (Phi) is 24.9. The molecule has 1 saturated heterocycles. The molecule has 0 aliphatic carbocycles. The third-order valence-electron chi connectivity index (χ3n) is 8.14. The normalized spacial score (nSPS) is 17.2. The molecule has 9 nitrogen and oxygen atoms in total. The molecule has 264 valence electrons. The van der Waals surface area contributed by atoms with Crippen molar-refractivity contribution in [2.45, 2.75) is 180 Å². The highest BCUT2D eigenvalue weighted by Gasteiger charge is 2.36. The van der Waals surface area contributed by atoms with E-state index in [0.29, 0.717) is 18.6 Å². The van der Waals surface area contributed by atoms with Crippen molar-refractivity contribution in [3.05, 3.63) is 12.2 Å². The minimum Gasteiger partial charge on any atom is -0.462 e. The van der Waals surface area contributed by atoms with E-state index in [-0.39, 0.29) is 19.4 Å². The first-order valence-electron chi connectivity index (χ1n) is 18.0. The number of esters is 2. The number of rotatable bonds is 31. The van der Waals surface area contributed by atoms with E-state index >= 15 is 0 Å². The van der Waals surface area contributed by atoms with Gasteiger partial charge in [0.15, 0.2) is 6.10 Å². The van der Waals surface area contributed by atoms with Gasteiger partial charge in [0.25, 0.3) is 0 Å². The summed E-state index contributed by atoms with van der Waals surface area (Å²) in [6.07, 6.45) is 26.8. The monoisotopic (exact) mass is 660 g/mol. The first-order valence-corrected chi connectivity index (χ1v) is 19.5. The highest BCUT2D eigenvalue weighted by Crippen LogP contribution is 2.36. The lowest BCUT2D eigenvalue weighted by Gasteiger charge is -2.18. The average Bonchev–Trinajstić information content (AvgIpc) is 3.74. The molecule has 3 atom stereocenters. The van der Waals surface area contributed by atoms with Crippen LogP contribution in [-0.4, -0.2) is 53.3 Å². The fourth-order valence-corrected chi connectivity index (χ4v) is 5.69. The number of unbranched alkanes of at least 4 members (excludes halogenated alkanes) is 14. The fourth-order valence-electron chi connectivity index (χ4n) is 5.33. The van der Waals surface area contributed by atoms with Gasteiger partial charge < -0.3 is 24.0 Å². The van der Waals surface area contributed by atoms with Gasteiger partial charge in [-0.1, -0.05) is 123 Å². The average molecular weight is 661 g/mol. The summed E-state index contributed by atoms with van der Waals surface area (Å²) in [5.41, 5.74) is 0. The molecular weight excluding hydrogens is 595 g/mol. The van der Waals surface area contributed by atoms with Gasteiger partial charge >= 0.3 is 19.8 Å². The molecule has 0 radical (unpaired) electrons. The van der Waals surface area contributed by atoms with E-state index in [1.165, 1.54) is 57.8 Å². The second-order valence-electron chi connectivity index (χ2n) is 13.1. The molecule has 0 amide bonds. The number of epoxide rings is 1.